The van der Waals surface area contributed by atoms with E-state index >= 15 is 0 Å². The Balaban J connectivity index is 2.16. The molecule has 0 saturated carbocycles. The van der Waals surface area contributed by atoms with E-state index < -0.39 is 70.7 Å². The second-order valence-electron chi connectivity index (χ2n) is 7.29. The van der Waals surface area contributed by atoms with Gasteiger partial charge in [-0.25, -0.2) is 17.6 Å². The summed E-state index contributed by atoms with van der Waals surface area (Å²) in [4.78, 5) is 38.7. The molecule has 2 aromatic rings. The molecule has 1 atom stereocenters. The molecule has 0 fully saturated rings. The minimum absolute atomic E-state index is 0.0269. The highest BCUT2D eigenvalue weighted by Crippen LogP contribution is 2.18. The summed E-state index contributed by atoms with van der Waals surface area (Å²) in [6, 6.07) is 4.78. The van der Waals surface area contributed by atoms with Gasteiger partial charge in [0.1, 0.15) is 40.6 Å². The molecule has 0 bridgehead atoms. The Hall–Kier alpha value is -3.43. The van der Waals surface area contributed by atoms with Gasteiger partial charge < -0.3 is 15.5 Å². The standard InChI is InChI=1S/C22H23F4N3O3/c1-4-29(11-17(30)27-20-15(25)9-6-10-16(20)26)22(32)19(12(2)3)28-21(31)18-13(23)7-5-8-14(18)24/h5-10,12,19H,4,11H2,1-3H3,(H,27,30)(H,28,31). The molecular weight excluding hydrogens is 430 g/mol. The summed E-state index contributed by atoms with van der Waals surface area (Å²) in [5.74, 6) is -7.31. The van der Waals surface area contributed by atoms with Crippen LogP contribution in [0.15, 0.2) is 36.4 Å². The van der Waals surface area contributed by atoms with Crippen molar-refractivity contribution in [3.05, 3.63) is 65.2 Å². The Bertz CT molecular complexity index is 973. The molecule has 0 aliphatic heterocycles. The third kappa shape index (κ3) is 5.83. The maximum Gasteiger partial charge on any atom is 0.257 e. The van der Waals surface area contributed by atoms with Crippen LogP contribution in [-0.2, 0) is 9.59 Å². The molecular formula is C22H23F4N3O3. The van der Waals surface area contributed by atoms with Gasteiger partial charge in [0.05, 0.1) is 6.54 Å². The monoisotopic (exact) mass is 453 g/mol. The molecule has 6 nitrogen and oxygen atoms in total. The van der Waals surface area contributed by atoms with Gasteiger partial charge >= 0.3 is 0 Å². The second kappa shape index (κ2) is 10.7. The molecule has 2 N–H and O–H groups in total. The number of carbonyl (C=O) groups is 3. The van der Waals surface area contributed by atoms with Crippen molar-refractivity contribution in [3.63, 3.8) is 0 Å². The zero-order chi connectivity index (χ0) is 24.0. The molecule has 0 spiro atoms. The number of para-hydroxylation sites is 1. The highest BCUT2D eigenvalue weighted by Gasteiger charge is 2.31. The molecule has 2 aromatic carbocycles. The van der Waals surface area contributed by atoms with E-state index in [9.17, 15) is 31.9 Å². The van der Waals surface area contributed by atoms with Crippen molar-refractivity contribution in [1.82, 2.24) is 10.2 Å². The lowest BCUT2D eigenvalue weighted by Crippen LogP contribution is -2.53. The van der Waals surface area contributed by atoms with E-state index in [0.717, 1.165) is 41.3 Å². The summed E-state index contributed by atoms with van der Waals surface area (Å²) in [5.41, 5.74) is -1.48. The number of carbonyl (C=O) groups excluding carboxylic acids is 3. The predicted molar refractivity (Wildman–Crippen MR) is 110 cm³/mol. The van der Waals surface area contributed by atoms with E-state index in [2.05, 4.69) is 10.6 Å². The first-order valence-electron chi connectivity index (χ1n) is 9.84. The number of nitrogens with zero attached hydrogens (tertiary/aromatic N) is 1. The number of hydrogen-bond donors (Lipinski definition) is 2. The minimum Gasteiger partial charge on any atom is -0.340 e. The fourth-order valence-electron chi connectivity index (χ4n) is 2.95. The summed E-state index contributed by atoms with van der Waals surface area (Å²) < 4.78 is 55.3. The first-order chi connectivity index (χ1) is 15.1. The van der Waals surface area contributed by atoms with Gasteiger partial charge in [0, 0.05) is 6.54 Å². The molecule has 32 heavy (non-hydrogen) atoms. The summed E-state index contributed by atoms with van der Waals surface area (Å²) in [5, 5.41) is 4.39. The van der Waals surface area contributed by atoms with Gasteiger partial charge in [-0.15, -0.1) is 0 Å². The molecule has 2 rings (SSSR count). The van der Waals surface area contributed by atoms with Crippen LogP contribution in [0.5, 0.6) is 0 Å². The highest BCUT2D eigenvalue weighted by atomic mass is 19.1. The molecule has 0 radical (unpaired) electrons. The van der Waals surface area contributed by atoms with Gasteiger partial charge in [-0.2, -0.15) is 0 Å². The van der Waals surface area contributed by atoms with E-state index in [0.29, 0.717) is 0 Å². The normalized spacial score (nSPS) is 11.8. The molecule has 0 aliphatic rings. The van der Waals surface area contributed by atoms with Crippen molar-refractivity contribution in [2.75, 3.05) is 18.4 Å². The van der Waals surface area contributed by atoms with Crippen molar-refractivity contribution < 1.29 is 31.9 Å². The average molecular weight is 453 g/mol. The lowest BCUT2D eigenvalue weighted by atomic mass is 10.0. The fraction of sp³-hybridized carbons (Fsp3) is 0.318. The van der Waals surface area contributed by atoms with Crippen molar-refractivity contribution in [1.29, 1.82) is 0 Å². The van der Waals surface area contributed by atoms with E-state index in [-0.39, 0.29) is 6.54 Å². The third-order valence-electron chi connectivity index (χ3n) is 4.66. The van der Waals surface area contributed by atoms with Crippen LogP contribution in [0.2, 0.25) is 0 Å². The molecule has 0 heterocycles. The van der Waals surface area contributed by atoms with Crippen LogP contribution in [0, 0.1) is 29.2 Å². The van der Waals surface area contributed by atoms with Gasteiger partial charge in [0.25, 0.3) is 5.91 Å². The number of benzene rings is 2. The van der Waals surface area contributed by atoms with E-state index in [4.69, 9.17) is 0 Å². The van der Waals surface area contributed by atoms with Crippen molar-refractivity contribution in [3.8, 4) is 0 Å². The Labute approximate surface area is 182 Å². The first-order valence-corrected chi connectivity index (χ1v) is 9.84. The molecule has 172 valence electrons. The van der Waals surface area contributed by atoms with Crippen LogP contribution < -0.4 is 10.6 Å². The minimum atomic E-state index is -1.21. The zero-order valence-electron chi connectivity index (χ0n) is 17.7. The number of amides is 3. The summed E-state index contributed by atoms with van der Waals surface area (Å²) >= 11 is 0. The van der Waals surface area contributed by atoms with Gasteiger partial charge in [-0.1, -0.05) is 26.0 Å². The summed E-state index contributed by atoms with van der Waals surface area (Å²) in [6.45, 7) is 4.23. The molecule has 0 saturated heterocycles. The number of anilines is 1. The number of nitrogens with one attached hydrogen (secondary N) is 2. The topological polar surface area (TPSA) is 78.5 Å². The molecule has 0 aromatic heterocycles. The number of rotatable bonds is 8. The van der Waals surface area contributed by atoms with Crippen LogP contribution in [0.25, 0.3) is 0 Å². The van der Waals surface area contributed by atoms with Gasteiger partial charge in [-0.05, 0) is 37.1 Å². The lowest BCUT2D eigenvalue weighted by Gasteiger charge is -2.28. The maximum absolute atomic E-state index is 13.9. The van der Waals surface area contributed by atoms with Crippen LogP contribution in [0.1, 0.15) is 31.1 Å². The van der Waals surface area contributed by atoms with Gasteiger partial charge in [0.2, 0.25) is 11.8 Å². The Kier molecular flexibility index (Phi) is 8.34. The second-order valence-corrected chi connectivity index (χ2v) is 7.29. The van der Waals surface area contributed by atoms with Crippen LogP contribution in [-0.4, -0.2) is 41.8 Å². The first kappa shape index (κ1) is 24.8. The van der Waals surface area contributed by atoms with E-state index in [1.807, 2.05) is 0 Å². The van der Waals surface area contributed by atoms with E-state index in [1.165, 1.54) is 0 Å². The average Bonchev–Trinajstić information content (AvgIpc) is 2.72. The quantitative estimate of drug-likeness (QED) is 0.601. The van der Waals surface area contributed by atoms with Crippen molar-refractivity contribution in [2.45, 2.75) is 26.8 Å². The largest absolute Gasteiger partial charge is 0.340 e. The van der Waals surface area contributed by atoms with Crippen LogP contribution >= 0.6 is 0 Å². The Morgan fingerprint density at radius 2 is 1.41 bits per heavy atom. The molecule has 10 heteroatoms. The van der Waals surface area contributed by atoms with E-state index in [1.54, 1.807) is 20.8 Å². The molecule has 1 unspecified atom stereocenters. The van der Waals surface area contributed by atoms with Crippen molar-refractivity contribution >= 4 is 23.4 Å². The van der Waals surface area contributed by atoms with Crippen LogP contribution in [0.3, 0.4) is 0 Å². The number of hydrogen-bond acceptors (Lipinski definition) is 3. The Morgan fingerprint density at radius 1 is 0.906 bits per heavy atom. The molecule has 3 amide bonds. The highest BCUT2D eigenvalue weighted by molar-refractivity contribution is 5.99. The lowest BCUT2D eigenvalue weighted by molar-refractivity contribution is -0.137. The third-order valence-corrected chi connectivity index (χ3v) is 4.66. The predicted octanol–water partition coefficient (Wildman–Crippen LogP) is 3.48. The summed E-state index contributed by atoms with van der Waals surface area (Å²) in [7, 11) is 0. The molecule has 0 aliphatic carbocycles. The number of likely N-dealkylation sites (N-methyl/N-ethyl adjacent to an activating group) is 1. The Morgan fingerprint density at radius 3 is 1.88 bits per heavy atom. The summed E-state index contributed by atoms with van der Waals surface area (Å²) in [6.07, 6.45) is 0. The van der Waals surface area contributed by atoms with Crippen LogP contribution in [0.4, 0.5) is 23.2 Å². The smallest absolute Gasteiger partial charge is 0.257 e. The maximum atomic E-state index is 13.9. The van der Waals surface area contributed by atoms with Crippen molar-refractivity contribution in [2.24, 2.45) is 5.92 Å². The fourth-order valence-corrected chi connectivity index (χ4v) is 2.95. The van der Waals surface area contributed by atoms with Gasteiger partial charge in [0.15, 0.2) is 0 Å². The SMILES string of the molecule is CCN(CC(=O)Nc1c(F)cccc1F)C(=O)C(NC(=O)c1c(F)cccc1F)C(C)C. The van der Waals surface area contributed by atoms with Gasteiger partial charge in [-0.3, -0.25) is 14.4 Å². The number of halogens is 4. The zero-order valence-corrected chi connectivity index (χ0v) is 17.7.